The molecular formula is C18H19F3N4O2. The van der Waals surface area contributed by atoms with Gasteiger partial charge in [0.1, 0.15) is 5.69 Å². The van der Waals surface area contributed by atoms with Gasteiger partial charge in [-0.3, -0.25) is 14.3 Å². The second-order valence-electron chi connectivity index (χ2n) is 6.42. The molecule has 1 fully saturated rings. The molecule has 2 aromatic rings. The SMILES string of the molecule is Cc1cc(C(=O)N2CCN(C(=O)c3ccccc3C(F)(F)F)CC2)n(C)n1. The number of piperazine rings is 1. The van der Waals surface area contributed by atoms with E-state index in [-0.39, 0.29) is 37.6 Å². The predicted molar refractivity (Wildman–Crippen MR) is 91.2 cm³/mol. The van der Waals surface area contributed by atoms with Crippen molar-refractivity contribution in [2.75, 3.05) is 26.2 Å². The van der Waals surface area contributed by atoms with Crippen molar-refractivity contribution in [1.29, 1.82) is 0 Å². The Bertz CT molecular complexity index is 868. The van der Waals surface area contributed by atoms with Crippen molar-refractivity contribution < 1.29 is 22.8 Å². The van der Waals surface area contributed by atoms with E-state index in [9.17, 15) is 22.8 Å². The van der Waals surface area contributed by atoms with Crippen LogP contribution >= 0.6 is 0 Å². The highest BCUT2D eigenvalue weighted by Gasteiger charge is 2.36. The largest absolute Gasteiger partial charge is 0.417 e. The lowest BCUT2D eigenvalue weighted by molar-refractivity contribution is -0.138. The van der Waals surface area contributed by atoms with Crippen molar-refractivity contribution in [3.8, 4) is 0 Å². The van der Waals surface area contributed by atoms with E-state index in [1.165, 1.54) is 27.8 Å². The van der Waals surface area contributed by atoms with Gasteiger partial charge in [-0.1, -0.05) is 12.1 Å². The third-order valence-corrected chi connectivity index (χ3v) is 4.54. The van der Waals surface area contributed by atoms with Gasteiger partial charge in [-0.05, 0) is 25.1 Å². The molecule has 0 spiro atoms. The highest BCUT2D eigenvalue weighted by Crippen LogP contribution is 2.32. The number of carbonyl (C=O) groups is 2. The highest BCUT2D eigenvalue weighted by atomic mass is 19.4. The number of amides is 2. The maximum atomic E-state index is 13.1. The zero-order valence-electron chi connectivity index (χ0n) is 15.0. The Morgan fingerprint density at radius 2 is 1.56 bits per heavy atom. The third-order valence-electron chi connectivity index (χ3n) is 4.54. The quantitative estimate of drug-likeness (QED) is 0.804. The Balaban J connectivity index is 1.70. The number of hydrogen-bond acceptors (Lipinski definition) is 3. The summed E-state index contributed by atoms with van der Waals surface area (Å²) in [6, 6.07) is 6.43. The van der Waals surface area contributed by atoms with Gasteiger partial charge in [0.15, 0.2) is 0 Å². The first-order valence-corrected chi connectivity index (χ1v) is 8.44. The maximum absolute atomic E-state index is 13.1. The first kappa shape index (κ1) is 18.9. The van der Waals surface area contributed by atoms with E-state index in [1.54, 1.807) is 24.9 Å². The lowest BCUT2D eigenvalue weighted by atomic mass is 10.1. The first-order valence-electron chi connectivity index (χ1n) is 8.44. The average Bonchev–Trinajstić information content (AvgIpc) is 2.98. The van der Waals surface area contributed by atoms with Crippen LogP contribution in [0.4, 0.5) is 13.2 Å². The Kier molecular flexibility index (Phi) is 4.95. The fourth-order valence-electron chi connectivity index (χ4n) is 3.17. The van der Waals surface area contributed by atoms with Crippen LogP contribution in [-0.2, 0) is 13.2 Å². The number of hydrogen-bond donors (Lipinski definition) is 0. The van der Waals surface area contributed by atoms with Gasteiger partial charge in [0.25, 0.3) is 11.8 Å². The number of alkyl halides is 3. The van der Waals surface area contributed by atoms with Gasteiger partial charge in [0, 0.05) is 33.2 Å². The molecule has 3 rings (SSSR count). The molecule has 2 amide bonds. The Hall–Kier alpha value is -2.84. The number of halogens is 3. The van der Waals surface area contributed by atoms with E-state index in [4.69, 9.17) is 0 Å². The van der Waals surface area contributed by atoms with Crippen LogP contribution in [0.2, 0.25) is 0 Å². The van der Waals surface area contributed by atoms with Crippen LogP contribution in [0.15, 0.2) is 30.3 Å². The second-order valence-corrected chi connectivity index (χ2v) is 6.42. The molecule has 0 N–H and O–H groups in total. The first-order chi connectivity index (χ1) is 12.7. The maximum Gasteiger partial charge on any atom is 0.417 e. The van der Waals surface area contributed by atoms with Crippen molar-refractivity contribution in [2.24, 2.45) is 7.05 Å². The summed E-state index contributed by atoms with van der Waals surface area (Å²) in [5, 5.41) is 4.14. The van der Waals surface area contributed by atoms with Gasteiger partial charge in [-0.15, -0.1) is 0 Å². The standard InChI is InChI=1S/C18H19F3N4O2/c1-12-11-15(23(2)22-12)17(27)25-9-7-24(8-10-25)16(26)13-5-3-4-6-14(13)18(19,20)21/h3-6,11H,7-10H2,1-2H3. The summed E-state index contributed by atoms with van der Waals surface area (Å²) >= 11 is 0. The highest BCUT2D eigenvalue weighted by molar-refractivity contribution is 5.96. The summed E-state index contributed by atoms with van der Waals surface area (Å²) in [4.78, 5) is 28.1. The fraction of sp³-hybridized carbons (Fsp3) is 0.389. The second kappa shape index (κ2) is 7.05. The number of aryl methyl sites for hydroxylation is 2. The van der Waals surface area contributed by atoms with Gasteiger partial charge in [-0.25, -0.2) is 0 Å². The molecule has 0 atom stereocenters. The van der Waals surface area contributed by atoms with Crippen molar-refractivity contribution >= 4 is 11.8 Å². The van der Waals surface area contributed by atoms with Crippen molar-refractivity contribution in [3.63, 3.8) is 0 Å². The molecule has 144 valence electrons. The third kappa shape index (κ3) is 3.81. The number of carbonyl (C=O) groups excluding carboxylic acids is 2. The van der Waals surface area contributed by atoms with E-state index < -0.39 is 17.6 Å². The van der Waals surface area contributed by atoms with Crippen LogP contribution in [0.3, 0.4) is 0 Å². The lowest BCUT2D eigenvalue weighted by Crippen LogP contribution is -2.51. The van der Waals surface area contributed by atoms with E-state index >= 15 is 0 Å². The molecule has 1 aliphatic heterocycles. The van der Waals surface area contributed by atoms with Crippen molar-refractivity contribution in [1.82, 2.24) is 19.6 Å². The van der Waals surface area contributed by atoms with Crippen molar-refractivity contribution in [2.45, 2.75) is 13.1 Å². The molecule has 0 saturated carbocycles. The molecule has 0 bridgehead atoms. The Morgan fingerprint density at radius 3 is 2.07 bits per heavy atom. The lowest BCUT2D eigenvalue weighted by Gasteiger charge is -2.35. The van der Waals surface area contributed by atoms with E-state index in [0.29, 0.717) is 5.69 Å². The Morgan fingerprint density at radius 1 is 1.00 bits per heavy atom. The average molecular weight is 380 g/mol. The molecule has 6 nitrogen and oxygen atoms in total. The van der Waals surface area contributed by atoms with E-state index in [2.05, 4.69) is 5.10 Å². The molecule has 1 aromatic carbocycles. The van der Waals surface area contributed by atoms with E-state index in [1.807, 2.05) is 0 Å². The number of aromatic nitrogens is 2. The summed E-state index contributed by atoms with van der Waals surface area (Å²) in [6.07, 6.45) is -4.60. The smallest absolute Gasteiger partial charge is 0.335 e. The fourth-order valence-corrected chi connectivity index (χ4v) is 3.17. The van der Waals surface area contributed by atoms with Crippen LogP contribution in [0.25, 0.3) is 0 Å². The molecule has 27 heavy (non-hydrogen) atoms. The normalized spacial score (nSPS) is 15.1. The number of nitrogens with zero attached hydrogens (tertiary/aromatic N) is 4. The van der Waals surface area contributed by atoms with Gasteiger partial charge < -0.3 is 9.80 Å². The van der Waals surface area contributed by atoms with Crippen LogP contribution in [-0.4, -0.2) is 57.6 Å². The summed E-state index contributed by atoms with van der Waals surface area (Å²) in [5.74, 6) is -0.882. The summed E-state index contributed by atoms with van der Waals surface area (Å²) < 4.78 is 40.9. The van der Waals surface area contributed by atoms with Gasteiger partial charge >= 0.3 is 6.18 Å². The minimum absolute atomic E-state index is 0.174. The molecule has 2 heterocycles. The minimum Gasteiger partial charge on any atom is -0.335 e. The molecule has 1 saturated heterocycles. The Labute approximate surface area is 154 Å². The molecule has 1 aromatic heterocycles. The molecule has 0 radical (unpaired) electrons. The van der Waals surface area contributed by atoms with Gasteiger partial charge in [-0.2, -0.15) is 18.3 Å². The molecule has 0 unspecified atom stereocenters. The van der Waals surface area contributed by atoms with Crippen LogP contribution in [0.5, 0.6) is 0 Å². The monoisotopic (exact) mass is 380 g/mol. The van der Waals surface area contributed by atoms with Gasteiger partial charge in [0.05, 0.1) is 16.8 Å². The van der Waals surface area contributed by atoms with Gasteiger partial charge in [0.2, 0.25) is 0 Å². The molecule has 0 aliphatic carbocycles. The summed E-state index contributed by atoms with van der Waals surface area (Å²) in [6.45, 7) is 2.64. The van der Waals surface area contributed by atoms with E-state index in [0.717, 1.165) is 11.8 Å². The van der Waals surface area contributed by atoms with Crippen LogP contribution in [0.1, 0.15) is 32.1 Å². The van der Waals surface area contributed by atoms with Crippen LogP contribution in [0, 0.1) is 6.92 Å². The molecular weight excluding hydrogens is 361 g/mol. The number of benzene rings is 1. The molecule has 1 aliphatic rings. The summed E-state index contributed by atoms with van der Waals surface area (Å²) in [5.41, 5.74) is -0.154. The molecule has 9 heteroatoms. The topological polar surface area (TPSA) is 58.4 Å². The van der Waals surface area contributed by atoms with Crippen LogP contribution < -0.4 is 0 Å². The zero-order valence-corrected chi connectivity index (χ0v) is 15.0. The predicted octanol–water partition coefficient (Wildman–Crippen LogP) is 2.35. The number of rotatable bonds is 2. The van der Waals surface area contributed by atoms with Crippen molar-refractivity contribution in [3.05, 3.63) is 52.8 Å². The minimum atomic E-state index is -4.60. The zero-order chi connectivity index (χ0) is 19.8. The summed E-state index contributed by atoms with van der Waals surface area (Å²) in [7, 11) is 1.67.